The lowest BCUT2D eigenvalue weighted by atomic mass is 10.1. The first-order chi connectivity index (χ1) is 9.22. The fourth-order valence-corrected chi connectivity index (χ4v) is 2.41. The molecule has 2 rings (SSSR count). The van der Waals surface area contributed by atoms with Gasteiger partial charge >= 0.3 is 0 Å². The molecule has 0 spiro atoms. The molecule has 1 fully saturated rings. The predicted molar refractivity (Wildman–Crippen MR) is 75.5 cm³/mol. The van der Waals surface area contributed by atoms with Gasteiger partial charge in [0.15, 0.2) is 6.10 Å². The van der Waals surface area contributed by atoms with Crippen LogP contribution in [0.1, 0.15) is 24.8 Å². The lowest BCUT2D eigenvalue weighted by Crippen LogP contribution is -2.36. The van der Waals surface area contributed by atoms with Gasteiger partial charge in [-0.05, 0) is 38.4 Å². The van der Waals surface area contributed by atoms with Gasteiger partial charge in [0.25, 0.3) is 5.91 Å². The van der Waals surface area contributed by atoms with E-state index in [4.69, 9.17) is 16.3 Å². The molecule has 1 unspecified atom stereocenters. The third-order valence-electron chi connectivity index (χ3n) is 3.18. The van der Waals surface area contributed by atoms with Crippen LogP contribution in [0.3, 0.4) is 0 Å². The molecule has 0 saturated carbocycles. The van der Waals surface area contributed by atoms with Gasteiger partial charge in [0.1, 0.15) is 5.75 Å². The van der Waals surface area contributed by atoms with Crippen LogP contribution in [0.25, 0.3) is 0 Å². The summed E-state index contributed by atoms with van der Waals surface area (Å²) < 4.78 is 5.88. The number of halogens is 1. The highest BCUT2D eigenvalue weighted by atomic mass is 35.5. The quantitative estimate of drug-likeness (QED) is 0.889. The van der Waals surface area contributed by atoms with Gasteiger partial charge in [0.05, 0.1) is 0 Å². The molecule has 1 saturated heterocycles. The maximum atomic E-state index is 11.9. The Morgan fingerprint density at radius 1 is 1.47 bits per heavy atom. The highest BCUT2D eigenvalue weighted by molar-refractivity contribution is 6.31. The summed E-state index contributed by atoms with van der Waals surface area (Å²) in [6.07, 6.45) is 2.32. The van der Waals surface area contributed by atoms with Crippen LogP contribution in [0.5, 0.6) is 5.75 Å². The maximum absolute atomic E-state index is 11.9. The minimum atomic E-state index is -0.420. The van der Waals surface area contributed by atoms with Crippen LogP contribution < -0.4 is 15.4 Å². The number of rotatable bonds is 4. The standard InChI is InChI=1S/C14H19ClN2O2/c1-16-9-10-11(15)5-4-7-12(10)19-13-6-2-3-8-17-14(13)18/h4-5,7,13,16H,2-3,6,8-9H2,1H3,(H,17,18). The Hall–Kier alpha value is -1.26. The van der Waals surface area contributed by atoms with Crippen molar-refractivity contribution in [2.75, 3.05) is 13.6 Å². The number of nitrogens with one attached hydrogen (secondary N) is 2. The molecule has 0 aliphatic carbocycles. The van der Waals surface area contributed by atoms with Crippen molar-refractivity contribution in [1.82, 2.24) is 10.6 Å². The van der Waals surface area contributed by atoms with E-state index in [1.165, 1.54) is 0 Å². The van der Waals surface area contributed by atoms with Crippen LogP contribution in [-0.2, 0) is 11.3 Å². The van der Waals surface area contributed by atoms with E-state index >= 15 is 0 Å². The van der Waals surface area contributed by atoms with Crippen LogP contribution >= 0.6 is 11.6 Å². The molecule has 1 aliphatic heterocycles. The fraction of sp³-hybridized carbons (Fsp3) is 0.500. The third kappa shape index (κ3) is 3.61. The number of carbonyl (C=O) groups is 1. The molecule has 0 bridgehead atoms. The lowest BCUT2D eigenvalue weighted by Gasteiger charge is -2.19. The molecule has 4 nitrogen and oxygen atoms in total. The molecule has 5 heteroatoms. The van der Waals surface area contributed by atoms with Gasteiger partial charge in [-0.25, -0.2) is 0 Å². The fourth-order valence-electron chi connectivity index (χ4n) is 2.17. The Morgan fingerprint density at radius 3 is 3.11 bits per heavy atom. The summed E-state index contributed by atoms with van der Waals surface area (Å²) in [6.45, 7) is 1.35. The van der Waals surface area contributed by atoms with Crippen molar-refractivity contribution in [3.05, 3.63) is 28.8 Å². The second-order valence-electron chi connectivity index (χ2n) is 4.64. The first kappa shape index (κ1) is 14.2. The number of carbonyl (C=O) groups excluding carboxylic acids is 1. The molecular formula is C14H19ClN2O2. The van der Waals surface area contributed by atoms with Crippen molar-refractivity contribution in [2.24, 2.45) is 0 Å². The largest absolute Gasteiger partial charge is 0.480 e. The molecule has 1 atom stereocenters. The molecule has 104 valence electrons. The average molecular weight is 283 g/mol. The third-order valence-corrected chi connectivity index (χ3v) is 3.54. The number of amides is 1. The van der Waals surface area contributed by atoms with Gasteiger partial charge in [-0.1, -0.05) is 17.7 Å². The summed E-state index contributed by atoms with van der Waals surface area (Å²) in [6, 6.07) is 5.52. The van der Waals surface area contributed by atoms with Gasteiger partial charge < -0.3 is 15.4 Å². The molecule has 2 N–H and O–H groups in total. The number of hydrogen-bond acceptors (Lipinski definition) is 3. The summed E-state index contributed by atoms with van der Waals surface area (Å²) in [4.78, 5) is 11.9. The Balaban J connectivity index is 2.17. The molecule has 0 radical (unpaired) electrons. The van der Waals surface area contributed by atoms with Crippen LogP contribution in [0, 0.1) is 0 Å². The van der Waals surface area contributed by atoms with E-state index in [1.54, 1.807) is 0 Å². The number of hydrogen-bond donors (Lipinski definition) is 2. The van der Waals surface area contributed by atoms with Gasteiger partial charge in [-0.3, -0.25) is 4.79 Å². The summed E-state index contributed by atoms with van der Waals surface area (Å²) in [5, 5.41) is 6.58. The van der Waals surface area contributed by atoms with Gasteiger partial charge in [0, 0.05) is 23.7 Å². The molecule has 1 amide bonds. The second kappa shape index (κ2) is 6.78. The van der Waals surface area contributed by atoms with E-state index in [1.807, 2.05) is 25.2 Å². The van der Waals surface area contributed by atoms with Crippen molar-refractivity contribution in [2.45, 2.75) is 31.9 Å². The summed E-state index contributed by atoms with van der Waals surface area (Å²) in [5.41, 5.74) is 0.892. The SMILES string of the molecule is CNCc1c(Cl)cccc1OC1CCCCNC1=O. The van der Waals surface area contributed by atoms with Gasteiger partial charge in [-0.15, -0.1) is 0 Å². The first-order valence-corrected chi connectivity index (χ1v) is 6.96. The lowest BCUT2D eigenvalue weighted by molar-refractivity contribution is -0.127. The van der Waals surface area contributed by atoms with Crippen molar-refractivity contribution >= 4 is 17.5 Å². The monoisotopic (exact) mass is 282 g/mol. The van der Waals surface area contributed by atoms with E-state index in [0.29, 0.717) is 17.3 Å². The molecular weight excluding hydrogens is 264 g/mol. The maximum Gasteiger partial charge on any atom is 0.261 e. The van der Waals surface area contributed by atoms with Crippen molar-refractivity contribution in [3.8, 4) is 5.75 Å². The Morgan fingerprint density at radius 2 is 2.32 bits per heavy atom. The smallest absolute Gasteiger partial charge is 0.261 e. The predicted octanol–water partition coefficient (Wildman–Crippen LogP) is 2.11. The Kier molecular flexibility index (Phi) is 5.05. The molecule has 0 aromatic heterocycles. The van der Waals surface area contributed by atoms with Gasteiger partial charge in [-0.2, -0.15) is 0 Å². The Bertz CT molecular complexity index is 451. The van der Waals surface area contributed by atoms with E-state index in [0.717, 1.165) is 31.4 Å². The second-order valence-corrected chi connectivity index (χ2v) is 5.05. The zero-order valence-electron chi connectivity index (χ0n) is 11.0. The highest BCUT2D eigenvalue weighted by Gasteiger charge is 2.23. The summed E-state index contributed by atoms with van der Waals surface area (Å²) in [7, 11) is 1.85. The molecule has 1 heterocycles. The minimum absolute atomic E-state index is 0.0344. The molecule has 1 aromatic rings. The molecule has 1 aromatic carbocycles. The van der Waals surface area contributed by atoms with Crippen LogP contribution in [0.4, 0.5) is 0 Å². The Labute approximate surface area is 118 Å². The highest BCUT2D eigenvalue weighted by Crippen LogP contribution is 2.28. The van der Waals surface area contributed by atoms with E-state index in [-0.39, 0.29) is 5.91 Å². The van der Waals surface area contributed by atoms with Crippen LogP contribution in [-0.4, -0.2) is 25.6 Å². The first-order valence-electron chi connectivity index (χ1n) is 6.58. The van der Waals surface area contributed by atoms with E-state index in [2.05, 4.69) is 10.6 Å². The van der Waals surface area contributed by atoms with Gasteiger partial charge in [0.2, 0.25) is 0 Å². The van der Waals surface area contributed by atoms with Crippen molar-refractivity contribution in [1.29, 1.82) is 0 Å². The topological polar surface area (TPSA) is 50.4 Å². The normalized spacial score (nSPS) is 19.7. The van der Waals surface area contributed by atoms with E-state index < -0.39 is 6.10 Å². The van der Waals surface area contributed by atoms with Crippen LogP contribution in [0.15, 0.2) is 18.2 Å². The summed E-state index contributed by atoms with van der Waals surface area (Å²) >= 11 is 6.17. The average Bonchev–Trinajstić information content (AvgIpc) is 2.59. The minimum Gasteiger partial charge on any atom is -0.480 e. The van der Waals surface area contributed by atoms with Crippen LogP contribution in [0.2, 0.25) is 5.02 Å². The zero-order chi connectivity index (χ0) is 13.7. The van der Waals surface area contributed by atoms with Crippen molar-refractivity contribution < 1.29 is 9.53 Å². The van der Waals surface area contributed by atoms with Crippen molar-refractivity contribution in [3.63, 3.8) is 0 Å². The zero-order valence-corrected chi connectivity index (χ0v) is 11.8. The number of benzene rings is 1. The molecule has 19 heavy (non-hydrogen) atoms. The summed E-state index contributed by atoms with van der Waals surface area (Å²) in [5.74, 6) is 0.650. The number of ether oxygens (including phenoxy) is 1. The molecule has 1 aliphatic rings. The van der Waals surface area contributed by atoms with E-state index in [9.17, 15) is 4.79 Å².